The summed E-state index contributed by atoms with van der Waals surface area (Å²) in [6.07, 6.45) is -0.317. The first-order valence-corrected chi connectivity index (χ1v) is 9.24. The molecule has 0 radical (unpaired) electrons. The van der Waals surface area contributed by atoms with E-state index in [9.17, 15) is 18.4 Å². The number of methoxy groups -OCH3 is 1. The molecule has 2 aromatic carbocycles. The molecule has 0 fully saturated rings. The van der Waals surface area contributed by atoms with Gasteiger partial charge in [0.05, 0.1) is 5.57 Å². The highest BCUT2D eigenvalue weighted by Gasteiger charge is 2.45. The van der Waals surface area contributed by atoms with Crippen LogP contribution in [0.5, 0.6) is 0 Å². The summed E-state index contributed by atoms with van der Waals surface area (Å²) in [6, 6.07) is 11.7. The average Bonchev–Trinajstić information content (AvgIpc) is 2.71. The zero-order valence-corrected chi connectivity index (χ0v) is 16.7. The van der Waals surface area contributed by atoms with Crippen molar-refractivity contribution in [3.8, 4) is 0 Å². The van der Waals surface area contributed by atoms with E-state index in [2.05, 4.69) is 0 Å². The van der Waals surface area contributed by atoms with E-state index in [0.29, 0.717) is 11.3 Å². The molecular formula is C22H22F2N2O4. The van der Waals surface area contributed by atoms with E-state index in [1.807, 2.05) is 0 Å². The predicted molar refractivity (Wildman–Crippen MR) is 106 cm³/mol. The van der Waals surface area contributed by atoms with Crippen molar-refractivity contribution >= 4 is 17.4 Å². The maximum absolute atomic E-state index is 14.3. The van der Waals surface area contributed by atoms with E-state index in [-0.39, 0.29) is 30.9 Å². The van der Waals surface area contributed by atoms with Crippen LogP contribution in [0.2, 0.25) is 0 Å². The van der Waals surface area contributed by atoms with Crippen LogP contribution in [0.25, 0.3) is 5.57 Å². The van der Waals surface area contributed by atoms with Gasteiger partial charge in [-0.15, -0.1) is 0 Å². The second-order valence-electron chi connectivity index (χ2n) is 7.15. The van der Waals surface area contributed by atoms with Crippen LogP contribution < -0.4 is 5.73 Å². The van der Waals surface area contributed by atoms with Crippen molar-refractivity contribution in [1.82, 2.24) is 4.90 Å². The van der Waals surface area contributed by atoms with Gasteiger partial charge in [0.15, 0.2) is 6.73 Å². The Morgan fingerprint density at radius 1 is 1.23 bits per heavy atom. The summed E-state index contributed by atoms with van der Waals surface area (Å²) in [5.74, 6) is -2.43. The topological polar surface area (TPSA) is 81.9 Å². The number of carbonyl (C=O) groups excluding carboxylic acids is 2. The van der Waals surface area contributed by atoms with Crippen molar-refractivity contribution < 1.29 is 27.8 Å². The monoisotopic (exact) mass is 416 g/mol. The number of rotatable bonds is 7. The summed E-state index contributed by atoms with van der Waals surface area (Å²) in [4.78, 5) is 27.0. The van der Waals surface area contributed by atoms with Crippen LogP contribution in [0.15, 0.2) is 54.3 Å². The Hall–Kier alpha value is -3.26. The van der Waals surface area contributed by atoms with Crippen LogP contribution in [-0.4, -0.2) is 42.7 Å². The first-order valence-electron chi connectivity index (χ1n) is 9.24. The SMILES string of the molecule is COCC1=C(c2ccccc2)C(=O)N(C(C)(Cc2cc(F)ccc2F)C(N)=O)CO1. The van der Waals surface area contributed by atoms with Crippen molar-refractivity contribution in [3.63, 3.8) is 0 Å². The van der Waals surface area contributed by atoms with Gasteiger partial charge < -0.3 is 15.2 Å². The van der Waals surface area contributed by atoms with Gasteiger partial charge in [-0.05, 0) is 36.2 Å². The minimum atomic E-state index is -1.66. The molecule has 8 heteroatoms. The number of hydrogen-bond acceptors (Lipinski definition) is 4. The van der Waals surface area contributed by atoms with Crippen LogP contribution in [0, 0.1) is 11.6 Å². The van der Waals surface area contributed by atoms with Crippen molar-refractivity contribution in [1.29, 1.82) is 0 Å². The fourth-order valence-corrected chi connectivity index (χ4v) is 3.39. The highest BCUT2D eigenvalue weighted by atomic mass is 19.1. The summed E-state index contributed by atoms with van der Waals surface area (Å²) in [6.45, 7) is 1.17. The van der Waals surface area contributed by atoms with Gasteiger partial charge in [-0.1, -0.05) is 30.3 Å². The van der Waals surface area contributed by atoms with Gasteiger partial charge >= 0.3 is 0 Å². The van der Waals surface area contributed by atoms with Gasteiger partial charge in [-0.25, -0.2) is 8.78 Å². The standard InChI is InChI=1S/C22H22F2N2O4/c1-22(21(25)28,11-15-10-16(23)8-9-17(15)24)26-13-30-18(12-29-2)19(20(26)27)14-6-4-3-5-7-14/h3-10H,11-13H2,1-2H3,(H2,25,28). The fourth-order valence-electron chi connectivity index (χ4n) is 3.39. The number of nitrogens with two attached hydrogens (primary N) is 1. The largest absolute Gasteiger partial charge is 0.474 e. The van der Waals surface area contributed by atoms with Gasteiger partial charge in [-0.2, -0.15) is 0 Å². The predicted octanol–water partition coefficient (Wildman–Crippen LogP) is 2.63. The first kappa shape index (κ1) is 21.4. The van der Waals surface area contributed by atoms with E-state index in [1.54, 1.807) is 30.3 Å². The Balaban J connectivity index is 2.05. The number of amides is 2. The lowest BCUT2D eigenvalue weighted by Gasteiger charge is -2.42. The Labute approximate surface area is 172 Å². The molecule has 2 amide bonds. The number of hydrogen-bond donors (Lipinski definition) is 1. The van der Waals surface area contributed by atoms with Crippen molar-refractivity contribution in [2.75, 3.05) is 20.4 Å². The lowest BCUT2D eigenvalue weighted by atomic mass is 9.88. The van der Waals surface area contributed by atoms with E-state index in [4.69, 9.17) is 15.2 Å². The Bertz CT molecular complexity index is 994. The molecule has 0 saturated carbocycles. The molecule has 0 bridgehead atoms. The highest BCUT2D eigenvalue weighted by Crippen LogP contribution is 2.33. The number of benzene rings is 2. The molecule has 1 aliphatic rings. The zero-order chi connectivity index (χ0) is 21.9. The third-order valence-corrected chi connectivity index (χ3v) is 5.11. The summed E-state index contributed by atoms with van der Waals surface area (Å²) in [7, 11) is 1.47. The van der Waals surface area contributed by atoms with Gasteiger partial charge in [-0.3, -0.25) is 14.5 Å². The van der Waals surface area contributed by atoms with Crippen LogP contribution >= 0.6 is 0 Å². The summed E-state index contributed by atoms with van der Waals surface area (Å²) < 4.78 is 38.8. The number of ether oxygens (including phenoxy) is 2. The molecule has 1 heterocycles. The molecule has 2 aromatic rings. The first-order chi connectivity index (χ1) is 14.3. The van der Waals surface area contributed by atoms with Crippen molar-refractivity contribution in [2.45, 2.75) is 18.9 Å². The summed E-state index contributed by atoms with van der Waals surface area (Å²) >= 11 is 0. The number of nitrogens with zero attached hydrogens (tertiary/aromatic N) is 1. The number of carbonyl (C=O) groups is 2. The minimum absolute atomic E-state index is 0.0512. The molecule has 3 rings (SSSR count). The maximum Gasteiger partial charge on any atom is 0.261 e. The van der Waals surface area contributed by atoms with E-state index >= 15 is 0 Å². The van der Waals surface area contributed by atoms with Crippen molar-refractivity contribution in [2.24, 2.45) is 5.73 Å². The Kier molecular flexibility index (Phi) is 6.17. The Morgan fingerprint density at radius 3 is 2.57 bits per heavy atom. The second-order valence-corrected chi connectivity index (χ2v) is 7.15. The normalized spacial score (nSPS) is 16.3. The van der Waals surface area contributed by atoms with Gasteiger partial charge in [0, 0.05) is 13.5 Å². The Morgan fingerprint density at radius 2 is 1.93 bits per heavy atom. The number of halogens is 2. The second kappa shape index (κ2) is 8.62. The van der Waals surface area contributed by atoms with E-state index in [1.165, 1.54) is 14.0 Å². The molecule has 158 valence electrons. The molecule has 2 N–H and O–H groups in total. The van der Waals surface area contributed by atoms with Crippen LogP contribution in [-0.2, 0) is 25.5 Å². The molecule has 30 heavy (non-hydrogen) atoms. The average molecular weight is 416 g/mol. The van der Waals surface area contributed by atoms with Crippen LogP contribution in [0.1, 0.15) is 18.1 Å². The summed E-state index contributed by atoms with van der Waals surface area (Å²) in [5, 5.41) is 0. The van der Waals surface area contributed by atoms with Crippen LogP contribution in [0.4, 0.5) is 8.78 Å². The molecule has 0 aromatic heterocycles. The molecule has 1 aliphatic heterocycles. The molecular weight excluding hydrogens is 394 g/mol. The molecule has 0 saturated heterocycles. The quantitative estimate of drug-likeness (QED) is 0.752. The van der Waals surface area contributed by atoms with E-state index in [0.717, 1.165) is 23.1 Å². The minimum Gasteiger partial charge on any atom is -0.474 e. The third kappa shape index (κ3) is 4.04. The summed E-state index contributed by atoms with van der Waals surface area (Å²) in [5.41, 5.74) is 4.69. The van der Waals surface area contributed by atoms with E-state index < -0.39 is 29.0 Å². The molecule has 0 spiro atoms. The highest BCUT2D eigenvalue weighted by molar-refractivity contribution is 6.21. The fraction of sp³-hybridized carbons (Fsp3) is 0.273. The lowest BCUT2D eigenvalue weighted by Crippen LogP contribution is -2.61. The smallest absolute Gasteiger partial charge is 0.261 e. The molecule has 6 nitrogen and oxygen atoms in total. The van der Waals surface area contributed by atoms with Gasteiger partial charge in [0.1, 0.15) is 29.5 Å². The van der Waals surface area contributed by atoms with Crippen LogP contribution in [0.3, 0.4) is 0 Å². The van der Waals surface area contributed by atoms with Gasteiger partial charge in [0.25, 0.3) is 5.91 Å². The number of primary amides is 1. The zero-order valence-electron chi connectivity index (χ0n) is 16.7. The van der Waals surface area contributed by atoms with Crippen molar-refractivity contribution in [3.05, 3.63) is 77.1 Å². The maximum atomic E-state index is 14.3. The third-order valence-electron chi connectivity index (χ3n) is 5.11. The molecule has 1 atom stereocenters. The lowest BCUT2D eigenvalue weighted by molar-refractivity contribution is -0.150. The van der Waals surface area contributed by atoms with Gasteiger partial charge in [0.2, 0.25) is 5.91 Å². The molecule has 0 aliphatic carbocycles. The molecule has 1 unspecified atom stereocenters.